The van der Waals surface area contributed by atoms with Crippen LogP contribution in [0.2, 0.25) is 0 Å². The van der Waals surface area contributed by atoms with Crippen LogP contribution in [-0.4, -0.2) is 36.4 Å². The third-order valence-corrected chi connectivity index (χ3v) is 3.79. The van der Waals surface area contributed by atoms with Gasteiger partial charge in [0.25, 0.3) is 0 Å². The van der Waals surface area contributed by atoms with E-state index in [4.69, 9.17) is 14.2 Å². The first-order valence-corrected chi connectivity index (χ1v) is 7.74. The highest BCUT2D eigenvalue weighted by Gasteiger charge is 2.17. The van der Waals surface area contributed by atoms with Gasteiger partial charge in [0.2, 0.25) is 16.8 Å². The van der Waals surface area contributed by atoms with Crippen LogP contribution in [0.25, 0.3) is 6.08 Å². The summed E-state index contributed by atoms with van der Waals surface area (Å²) >= 11 is 1.32. The second kappa shape index (κ2) is 6.66. The zero-order valence-corrected chi connectivity index (χ0v) is 13.5. The van der Waals surface area contributed by atoms with Crippen LogP contribution in [0, 0.1) is 6.92 Å². The molecule has 23 heavy (non-hydrogen) atoms. The molecule has 0 atom stereocenters. The summed E-state index contributed by atoms with van der Waals surface area (Å²) < 4.78 is 16.4. The maximum absolute atomic E-state index is 11.9. The van der Waals surface area contributed by atoms with Crippen LogP contribution in [0.3, 0.4) is 0 Å². The van der Waals surface area contributed by atoms with Crippen LogP contribution in [0.1, 0.15) is 10.6 Å². The Labute approximate surface area is 136 Å². The zero-order valence-electron chi connectivity index (χ0n) is 12.7. The summed E-state index contributed by atoms with van der Waals surface area (Å²) in [5, 5.41) is 11.6. The Balaban J connectivity index is 1.75. The van der Waals surface area contributed by atoms with E-state index in [0.717, 1.165) is 10.6 Å². The Morgan fingerprint density at radius 3 is 2.91 bits per heavy atom. The molecule has 0 fully saturated rings. The molecule has 1 N–H and O–H groups in total. The molecule has 3 rings (SSSR count). The minimum atomic E-state index is -0.282. The number of nitrogens with zero attached hydrogens (tertiary/aromatic N) is 2. The molecule has 0 saturated heterocycles. The standard InChI is InChI=1S/C15H15N3O4S/c1-9-17-18-15(23-9)16-13(19)4-3-10-7-11(20-2)14-12(8-10)21-5-6-22-14/h3-4,7-8H,5-6H2,1-2H3,(H,16,18,19)/b4-3+. The van der Waals surface area contributed by atoms with E-state index in [-0.39, 0.29) is 5.91 Å². The SMILES string of the molecule is COc1cc(/C=C/C(=O)Nc2nnc(C)s2)cc2c1OCCO2. The summed E-state index contributed by atoms with van der Waals surface area (Å²) in [6, 6.07) is 3.59. The van der Waals surface area contributed by atoms with Crippen LogP contribution in [0.15, 0.2) is 18.2 Å². The van der Waals surface area contributed by atoms with Crippen LogP contribution in [-0.2, 0) is 4.79 Å². The first-order chi connectivity index (χ1) is 11.2. The van der Waals surface area contributed by atoms with Gasteiger partial charge in [0.1, 0.15) is 18.2 Å². The average Bonchev–Trinajstić information content (AvgIpc) is 2.97. The van der Waals surface area contributed by atoms with Gasteiger partial charge in [0, 0.05) is 6.08 Å². The van der Waals surface area contributed by atoms with Crippen molar-refractivity contribution in [1.82, 2.24) is 10.2 Å². The molecule has 0 saturated carbocycles. The number of rotatable bonds is 4. The maximum atomic E-state index is 11.9. The molecule has 0 aliphatic carbocycles. The molecule has 0 spiro atoms. The van der Waals surface area contributed by atoms with Crippen molar-refractivity contribution < 1.29 is 19.0 Å². The lowest BCUT2D eigenvalue weighted by molar-refractivity contribution is -0.111. The number of ether oxygens (including phenoxy) is 3. The van der Waals surface area contributed by atoms with Crippen molar-refractivity contribution in [3.8, 4) is 17.2 Å². The number of aryl methyl sites for hydroxylation is 1. The number of aromatic nitrogens is 2. The Morgan fingerprint density at radius 1 is 1.35 bits per heavy atom. The molecule has 0 radical (unpaired) electrons. The molecular formula is C15H15N3O4S. The molecule has 0 unspecified atom stereocenters. The number of hydrogen-bond donors (Lipinski definition) is 1. The van der Waals surface area contributed by atoms with E-state index < -0.39 is 0 Å². The van der Waals surface area contributed by atoms with Crippen molar-refractivity contribution in [2.45, 2.75) is 6.92 Å². The second-order valence-electron chi connectivity index (χ2n) is 4.70. The Morgan fingerprint density at radius 2 is 2.17 bits per heavy atom. The van der Waals surface area contributed by atoms with Gasteiger partial charge in [-0.25, -0.2) is 0 Å². The molecule has 1 aromatic heterocycles. The predicted octanol–water partition coefficient (Wildman–Crippen LogP) is 2.28. The van der Waals surface area contributed by atoms with Crippen molar-refractivity contribution in [2.75, 3.05) is 25.6 Å². The minimum Gasteiger partial charge on any atom is -0.493 e. The number of fused-ring (bicyclic) bond motifs is 1. The molecular weight excluding hydrogens is 318 g/mol. The number of amides is 1. The van der Waals surface area contributed by atoms with Gasteiger partial charge in [-0.3, -0.25) is 10.1 Å². The summed E-state index contributed by atoms with van der Waals surface area (Å²) in [6.45, 7) is 2.80. The molecule has 2 heterocycles. The van der Waals surface area contributed by atoms with Crippen LogP contribution >= 0.6 is 11.3 Å². The monoisotopic (exact) mass is 333 g/mol. The summed E-state index contributed by atoms with van der Waals surface area (Å²) in [7, 11) is 1.56. The van der Waals surface area contributed by atoms with Crippen molar-refractivity contribution >= 4 is 28.5 Å². The number of hydrogen-bond acceptors (Lipinski definition) is 7. The lowest BCUT2D eigenvalue weighted by atomic mass is 10.1. The normalized spacial score (nSPS) is 13.1. The smallest absolute Gasteiger partial charge is 0.250 e. The van der Waals surface area contributed by atoms with Gasteiger partial charge in [-0.2, -0.15) is 0 Å². The van der Waals surface area contributed by atoms with Gasteiger partial charge in [-0.15, -0.1) is 10.2 Å². The number of carbonyl (C=O) groups is 1. The van der Waals surface area contributed by atoms with Gasteiger partial charge in [-0.1, -0.05) is 11.3 Å². The first-order valence-electron chi connectivity index (χ1n) is 6.92. The number of methoxy groups -OCH3 is 1. The fourth-order valence-corrected chi connectivity index (χ4v) is 2.65. The van der Waals surface area contributed by atoms with E-state index in [0.29, 0.717) is 35.6 Å². The molecule has 1 aromatic carbocycles. The molecule has 7 nitrogen and oxygen atoms in total. The fourth-order valence-electron chi connectivity index (χ4n) is 2.06. The van der Waals surface area contributed by atoms with E-state index in [2.05, 4.69) is 15.5 Å². The third-order valence-electron chi connectivity index (χ3n) is 3.03. The molecule has 0 bridgehead atoms. The van der Waals surface area contributed by atoms with Gasteiger partial charge in [0.15, 0.2) is 11.5 Å². The van der Waals surface area contributed by atoms with E-state index in [9.17, 15) is 4.79 Å². The predicted molar refractivity (Wildman–Crippen MR) is 86.3 cm³/mol. The van der Waals surface area contributed by atoms with Gasteiger partial charge < -0.3 is 14.2 Å². The van der Waals surface area contributed by atoms with Gasteiger partial charge in [-0.05, 0) is 30.7 Å². The molecule has 1 aliphatic heterocycles. The average molecular weight is 333 g/mol. The highest BCUT2D eigenvalue weighted by atomic mass is 32.1. The van der Waals surface area contributed by atoms with E-state index in [1.54, 1.807) is 25.3 Å². The fraction of sp³-hybridized carbons (Fsp3) is 0.267. The summed E-state index contributed by atoms with van der Waals surface area (Å²) in [5.41, 5.74) is 0.773. The Bertz CT molecular complexity index is 740. The highest BCUT2D eigenvalue weighted by molar-refractivity contribution is 7.15. The van der Waals surface area contributed by atoms with Crippen molar-refractivity contribution in [2.24, 2.45) is 0 Å². The molecule has 1 aliphatic rings. The molecule has 2 aromatic rings. The number of anilines is 1. The van der Waals surface area contributed by atoms with E-state index >= 15 is 0 Å². The summed E-state index contributed by atoms with van der Waals surface area (Å²) in [5.74, 6) is 1.48. The molecule has 8 heteroatoms. The highest BCUT2D eigenvalue weighted by Crippen LogP contribution is 2.40. The molecule has 1 amide bonds. The second-order valence-corrected chi connectivity index (χ2v) is 5.88. The topological polar surface area (TPSA) is 82.6 Å². The van der Waals surface area contributed by atoms with Crippen molar-refractivity contribution in [1.29, 1.82) is 0 Å². The number of carbonyl (C=O) groups excluding carboxylic acids is 1. The third kappa shape index (κ3) is 3.59. The Kier molecular flexibility index (Phi) is 4.42. The lowest BCUT2D eigenvalue weighted by Gasteiger charge is -2.20. The largest absolute Gasteiger partial charge is 0.493 e. The van der Waals surface area contributed by atoms with E-state index in [1.165, 1.54) is 17.4 Å². The van der Waals surface area contributed by atoms with Crippen LogP contribution < -0.4 is 19.5 Å². The van der Waals surface area contributed by atoms with Crippen LogP contribution in [0.5, 0.6) is 17.2 Å². The van der Waals surface area contributed by atoms with Crippen molar-refractivity contribution in [3.63, 3.8) is 0 Å². The van der Waals surface area contributed by atoms with Crippen LogP contribution in [0.4, 0.5) is 5.13 Å². The Hall–Kier alpha value is -2.61. The minimum absolute atomic E-state index is 0.282. The van der Waals surface area contributed by atoms with Gasteiger partial charge >= 0.3 is 0 Å². The summed E-state index contributed by atoms with van der Waals surface area (Å²) in [4.78, 5) is 11.9. The maximum Gasteiger partial charge on any atom is 0.250 e. The van der Waals surface area contributed by atoms with E-state index in [1.807, 2.05) is 6.92 Å². The number of benzene rings is 1. The van der Waals surface area contributed by atoms with Crippen molar-refractivity contribution in [3.05, 3.63) is 28.8 Å². The first kappa shape index (κ1) is 15.3. The quantitative estimate of drug-likeness (QED) is 0.864. The zero-order chi connectivity index (χ0) is 16.2. The lowest BCUT2D eigenvalue weighted by Crippen LogP contribution is -2.16. The summed E-state index contributed by atoms with van der Waals surface area (Å²) in [6.07, 6.45) is 3.09. The number of nitrogens with one attached hydrogen (secondary N) is 1. The van der Waals surface area contributed by atoms with Gasteiger partial charge in [0.05, 0.1) is 7.11 Å². The molecule has 120 valence electrons.